The molecule has 8 nitrogen and oxygen atoms in total. The molecular weight excluding hydrogens is 576 g/mol. The molecule has 8 heteroatoms. The second-order valence-electron chi connectivity index (χ2n) is 13.0. The molecule has 0 spiro atoms. The second kappa shape index (κ2) is 12.3. The molecule has 234 valence electrons. The third kappa shape index (κ3) is 6.10. The number of pyridine rings is 3. The molecule has 1 saturated carbocycles. The standard InChI is InChI=1S/C38H38N4O4/c1-38(46)14-17-42(18-15-38)37(45)27-8-11-34(41-22-27)28-19-31-30(13-16-39-35(31)20-28)29-4-2-3-24(32(29)23-43)9-12-36(44)26-7-10-33(40-21-26)25-5-6-25/h2-4,7-8,10-11,13,16,19-22,25,39,43,46H,5-6,9,12,14-15,17-18,23H2,1H3. The van der Waals surface area contributed by atoms with Crippen molar-refractivity contribution in [3.63, 3.8) is 0 Å². The van der Waals surface area contributed by atoms with Crippen molar-refractivity contribution in [1.29, 1.82) is 0 Å². The fraction of sp³-hybridized carbons (Fsp3) is 0.316. The number of H-pyrrole nitrogens is 1. The zero-order valence-electron chi connectivity index (χ0n) is 26.0. The first-order chi connectivity index (χ1) is 22.3. The third-order valence-corrected chi connectivity index (χ3v) is 9.55. The van der Waals surface area contributed by atoms with E-state index in [1.807, 2.05) is 67.7 Å². The summed E-state index contributed by atoms with van der Waals surface area (Å²) in [5.41, 5.74) is 8.77. The van der Waals surface area contributed by atoms with Crippen LogP contribution in [0.15, 0.2) is 79.3 Å². The van der Waals surface area contributed by atoms with Gasteiger partial charge < -0.3 is 20.1 Å². The van der Waals surface area contributed by atoms with E-state index in [1.165, 1.54) is 12.8 Å². The molecule has 7 rings (SSSR count). The van der Waals surface area contributed by atoms with Gasteiger partial charge in [-0.1, -0.05) is 18.2 Å². The molecule has 0 atom stereocenters. The maximum absolute atomic E-state index is 13.0. The van der Waals surface area contributed by atoms with E-state index in [2.05, 4.69) is 21.0 Å². The number of aliphatic hydroxyl groups excluding tert-OH is 1. The van der Waals surface area contributed by atoms with E-state index in [1.54, 1.807) is 17.3 Å². The van der Waals surface area contributed by atoms with E-state index >= 15 is 0 Å². The Morgan fingerprint density at radius 1 is 0.935 bits per heavy atom. The minimum Gasteiger partial charge on any atom is -0.392 e. The van der Waals surface area contributed by atoms with Gasteiger partial charge in [0, 0.05) is 72.1 Å². The number of aromatic amines is 1. The number of hydrogen-bond acceptors (Lipinski definition) is 6. The topological polar surface area (TPSA) is 119 Å². The number of piperidine rings is 1. The number of amides is 1. The van der Waals surface area contributed by atoms with Crippen LogP contribution in [0.2, 0.25) is 0 Å². The number of carbonyl (C=O) groups is 2. The summed E-state index contributed by atoms with van der Waals surface area (Å²) in [4.78, 5) is 40.3. The Hall–Kier alpha value is -4.66. The maximum Gasteiger partial charge on any atom is 0.255 e. The van der Waals surface area contributed by atoms with Gasteiger partial charge in [-0.05, 0) is 104 Å². The van der Waals surface area contributed by atoms with E-state index in [-0.39, 0.29) is 18.3 Å². The van der Waals surface area contributed by atoms with Crippen LogP contribution in [0.25, 0.3) is 33.6 Å². The molecule has 1 saturated heterocycles. The molecule has 0 unspecified atom stereocenters. The number of likely N-dealkylation sites (tertiary alicyclic amines) is 1. The van der Waals surface area contributed by atoms with Gasteiger partial charge in [0.2, 0.25) is 0 Å². The van der Waals surface area contributed by atoms with Gasteiger partial charge in [-0.3, -0.25) is 19.6 Å². The maximum atomic E-state index is 13.0. The number of aliphatic hydroxyl groups is 2. The molecule has 0 bridgehead atoms. The molecule has 2 aromatic heterocycles. The van der Waals surface area contributed by atoms with Crippen LogP contribution in [0, 0.1) is 0 Å². The number of ketones is 1. The Balaban J connectivity index is 1.10. The van der Waals surface area contributed by atoms with E-state index in [4.69, 9.17) is 0 Å². The van der Waals surface area contributed by atoms with Gasteiger partial charge in [-0.25, -0.2) is 0 Å². The number of hydrogen-bond donors (Lipinski definition) is 3. The summed E-state index contributed by atoms with van der Waals surface area (Å²) in [5.74, 6) is 0.530. The zero-order chi connectivity index (χ0) is 31.8. The number of aromatic nitrogens is 3. The SMILES string of the molecule is CC1(O)CCN(C(=O)c2ccc(-c3cc4[nH]ccc(-c5cccc(CCC(=O)c6ccc(C7CC7)nc6)c5CO)c-4c3)nc2)CC1. The first-order valence-electron chi connectivity index (χ1n) is 16.1. The van der Waals surface area contributed by atoms with Gasteiger partial charge in [0.15, 0.2) is 5.78 Å². The number of rotatable bonds is 9. The van der Waals surface area contributed by atoms with Gasteiger partial charge in [-0.15, -0.1) is 0 Å². The summed E-state index contributed by atoms with van der Waals surface area (Å²) >= 11 is 0. The molecule has 2 aliphatic heterocycles. The summed E-state index contributed by atoms with van der Waals surface area (Å²) in [6.45, 7) is 2.73. The number of benzene rings is 1. The Kier molecular flexibility index (Phi) is 8.01. The first kappa shape index (κ1) is 30.0. The average molecular weight is 615 g/mol. The summed E-state index contributed by atoms with van der Waals surface area (Å²) in [6, 6.07) is 19.6. The van der Waals surface area contributed by atoms with Gasteiger partial charge in [0.05, 0.1) is 23.5 Å². The smallest absolute Gasteiger partial charge is 0.255 e. The van der Waals surface area contributed by atoms with Crippen LogP contribution >= 0.6 is 0 Å². The summed E-state index contributed by atoms with van der Waals surface area (Å²) in [5, 5.41) is 20.7. The van der Waals surface area contributed by atoms with Crippen LogP contribution in [0.3, 0.4) is 0 Å². The van der Waals surface area contributed by atoms with Crippen molar-refractivity contribution in [2.75, 3.05) is 13.1 Å². The lowest BCUT2D eigenvalue weighted by Gasteiger charge is -2.35. The number of aryl methyl sites for hydroxylation is 1. The number of fused-ring (bicyclic) bond motifs is 1. The number of Topliss-reactive ketones (excluding diaryl/α,β-unsaturated/α-hetero) is 1. The Morgan fingerprint density at radius 2 is 1.72 bits per heavy atom. The number of carbonyl (C=O) groups excluding carboxylic acids is 2. The van der Waals surface area contributed by atoms with Crippen molar-refractivity contribution in [2.24, 2.45) is 0 Å². The summed E-state index contributed by atoms with van der Waals surface area (Å²) in [6.07, 6.45) is 9.55. The Morgan fingerprint density at radius 3 is 2.41 bits per heavy atom. The van der Waals surface area contributed by atoms with E-state index in [0.717, 1.165) is 50.5 Å². The van der Waals surface area contributed by atoms with Crippen LogP contribution in [-0.4, -0.2) is 60.4 Å². The molecule has 1 amide bonds. The predicted octanol–water partition coefficient (Wildman–Crippen LogP) is 6.42. The number of nitrogens with one attached hydrogen (secondary N) is 1. The monoisotopic (exact) mass is 614 g/mol. The Labute approximate surface area is 268 Å². The van der Waals surface area contributed by atoms with Gasteiger partial charge in [-0.2, -0.15) is 0 Å². The van der Waals surface area contributed by atoms with Crippen LogP contribution in [0.5, 0.6) is 0 Å². The van der Waals surface area contributed by atoms with Crippen molar-refractivity contribution in [3.8, 4) is 33.6 Å². The van der Waals surface area contributed by atoms with Crippen LogP contribution in [0.4, 0.5) is 0 Å². The molecule has 2 aliphatic carbocycles. The Bertz CT molecular complexity index is 1840. The van der Waals surface area contributed by atoms with Crippen molar-refractivity contribution in [3.05, 3.63) is 107 Å². The first-order valence-corrected chi connectivity index (χ1v) is 16.1. The molecule has 4 heterocycles. The predicted molar refractivity (Wildman–Crippen MR) is 177 cm³/mol. The highest BCUT2D eigenvalue weighted by atomic mass is 16.3. The van der Waals surface area contributed by atoms with Crippen molar-refractivity contribution in [2.45, 2.75) is 63.6 Å². The highest BCUT2D eigenvalue weighted by Gasteiger charge is 2.30. The molecule has 4 aliphatic rings. The van der Waals surface area contributed by atoms with Crippen molar-refractivity contribution >= 4 is 11.7 Å². The normalized spacial score (nSPS) is 16.1. The number of nitrogens with zero attached hydrogens (tertiary/aromatic N) is 3. The zero-order valence-corrected chi connectivity index (χ0v) is 26.0. The second-order valence-corrected chi connectivity index (χ2v) is 13.0. The van der Waals surface area contributed by atoms with Crippen LogP contribution < -0.4 is 0 Å². The largest absolute Gasteiger partial charge is 0.392 e. The average Bonchev–Trinajstić information content (AvgIpc) is 3.84. The highest BCUT2D eigenvalue weighted by molar-refractivity contribution is 5.96. The van der Waals surface area contributed by atoms with Crippen molar-refractivity contribution < 1.29 is 19.8 Å². The fourth-order valence-electron chi connectivity index (χ4n) is 6.49. The lowest BCUT2D eigenvalue weighted by molar-refractivity contribution is -0.00204. The van der Waals surface area contributed by atoms with Crippen molar-refractivity contribution in [1.82, 2.24) is 19.9 Å². The van der Waals surface area contributed by atoms with Gasteiger partial charge in [0.25, 0.3) is 5.91 Å². The van der Waals surface area contributed by atoms with Gasteiger partial charge >= 0.3 is 0 Å². The molecule has 0 radical (unpaired) electrons. The van der Waals surface area contributed by atoms with Gasteiger partial charge in [0.1, 0.15) is 0 Å². The lowest BCUT2D eigenvalue weighted by atomic mass is 9.90. The minimum absolute atomic E-state index is 0.0470. The van der Waals surface area contributed by atoms with E-state index in [9.17, 15) is 19.8 Å². The summed E-state index contributed by atoms with van der Waals surface area (Å²) < 4.78 is 0. The summed E-state index contributed by atoms with van der Waals surface area (Å²) in [7, 11) is 0. The van der Waals surface area contributed by atoms with Crippen LogP contribution in [0.1, 0.15) is 82.5 Å². The van der Waals surface area contributed by atoms with E-state index < -0.39 is 5.60 Å². The lowest BCUT2D eigenvalue weighted by Crippen LogP contribution is -2.45. The van der Waals surface area contributed by atoms with Crippen LogP contribution in [-0.2, 0) is 13.0 Å². The fourth-order valence-corrected chi connectivity index (χ4v) is 6.49. The molecule has 2 fully saturated rings. The molecule has 46 heavy (non-hydrogen) atoms. The molecular formula is C38H38N4O4. The molecule has 1 aromatic carbocycles. The quantitative estimate of drug-likeness (QED) is 0.165. The molecule has 3 aromatic rings. The highest BCUT2D eigenvalue weighted by Crippen LogP contribution is 2.40. The molecule has 3 N–H and O–H groups in total. The third-order valence-electron chi connectivity index (χ3n) is 9.55. The van der Waals surface area contributed by atoms with E-state index in [0.29, 0.717) is 55.8 Å². The minimum atomic E-state index is -0.715.